The third-order valence-electron chi connectivity index (χ3n) is 11.0. The Kier molecular flexibility index (Phi) is 19.7. The number of hydrogen-bond donors (Lipinski definition) is 10. The van der Waals surface area contributed by atoms with Gasteiger partial charge >= 0.3 is 5.97 Å². The second-order valence-corrected chi connectivity index (χ2v) is 20.7. The Bertz CT molecular complexity index is 4220. The first-order valence-corrected chi connectivity index (χ1v) is 27.9. The van der Waals surface area contributed by atoms with Crippen LogP contribution in [-0.2, 0) is 30.4 Å². The number of benzene rings is 6. The molecule has 0 unspecified atom stereocenters. The van der Waals surface area contributed by atoms with Gasteiger partial charge in [0.05, 0.1) is 44.1 Å². The molecule has 0 bridgehead atoms. The number of phenols is 1. The average molecular weight is 1240 g/mol. The largest absolute Gasteiger partial charge is 0.505 e. The molecule has 1 aromatic heterocycles. The SMILES string of the molecule is COc1ccc(N=Nc2cc(OCCO)c(N=Nc3c(C(=O)O)nn(-c4ccc5c(O)c(N=Nc6cc(OCCO)c(N=Nc7ccc([N+](=O)[O-])cc7S(=O)(=O)O)cc6OCCO)c(S(=O)(=O)O)cc5c4)c3O)cc2OCCO)c(S(=O)(=O)O)c1. The summed E-state index contributed by atoms with van der Waals surface area (Å²) >= 11 is 0. The first kappa shape index (κ1) is 62.8. The molecule has 0 atom stereocenters. The number of carboxylic acids is 1. The van der Waals surface area contributed by atoms with Gasteiger partial charge in [-0.25, -0.2) is 4.79 Å². The van der Waals surface area contributed by atoms with Gasteiger partial charge < -0.3 is 59.4 Å². The van der Waals surface area contributed by atoms with Gasteiger partial charge in [0.25, 0.3) is 36.0 Å². The molecule has 1 heterocycles. The van der Waals surface area contributed by atoms with Gasteiger partial charge in [0, 0.05) is 47.9 Å². The molecule has 0 saturated heterocycles. The number of methoxy groups -OCH3 is 1. The molecule has 448 valence electrons. The minimum absolute atomic E-state index is 0.0486. The highest BCUT2D eigenvalue weighted by molar-refractivity contribution is 7.86. The average Bonchev–Trinajstić information content (AvgIpc) is 2.04. The summed E-state index contributed by atoms with van der Waals surface area (Å²) in [6, 6.07) is 14.2. The Hall–Kier alpha value is -9.77. The van der Waals surface area contributed by atoms with E-state index in [-0.39, 0.29) is 86.9 Å². The zero-order chi connectivity index (χ0) is 62.0. The van der Waals surface area contributed by atoms with E-state index in [9.17, 15) is 89.6 Å². The fraction of sp³-hybridized carbons (Fsp3) is 0.191. The monoisotopic (exact) mass is 1240 g/mol. The van der Waals surface area contributed by atoms with Crippen LogP contribution in [0.2, 0.25) is 0 Å². The third kappa shape index (κ3) is 14.9. The molecule has 6 aromatic carbocycles. The van der Waals surface area contributed by atoms with Crippen molar-refractivity contribution < 1.29 is 108 Å². The van der Waals surface area contributed by atoms with E-state index in [0.29, 0.717) is 10.7 Å². The number of aromatic hydroxyl groups is 2. The maximum Gasteiger partial charge on any atom is 0.358 e. The number of nitro groups is 1. The quantitative estimate of drug-likeness (QED) is 0.0108. The van der Waals surface area contributed by atoms with Crippen LogP contribution in [0.15, 0.2) is 141 Å². The van der Waals surface area contributed by atoms with Gasteiger partial charge in [0.1, 0.15) is 110 Å². The first-order chi connectivity index (χ1) is 40.3. The summed E-state index contributed by atoms with van der Waals surface area (Å²) in [5.41, 5.74) is -5.67. The van der Waals surface area contributed by atoms with E-state index >= 15 is 0 Å². The number of aromatic nitrogens is 2. The zero-order valence-corrected chi connectivity index (χ0v) is 45.5. The molecule has 35 nitrogen and oxygen atoms in total. The van der Waals surface area contributed by atoms with E-state index in [1.807, 2.05) is 0 Å². The normalized spacial score (nSPS) is 12.3. The van der Waals surface area contributed by atoms with Crippen LogP contribution in [-0.4, -0.2) is 155 Å². The predicted octanol–water partition coefficient (Wildman–Crippen LogP) is 6.94. The van der Waals surface area contributed by atoms with Crippen molar-refractivity contribution in [1.29, 1.82) is 0 Å². The second kappa shape index (κ2) is 26.6. The summed E-state index contributed by atoms with van der Waals surface area (Å²) in [6.07, 6.45) is 0. The van der Waals surface area contributed by atoms with Crippen LogP contribution in [0.3, 0.4) is 0 Å². The van der Waals surface area contributed by atoms with Crippen LogP contribution in [0, 0.1) is 10.1 Å². The van der Waals surface area contributed by atoms with Gasteiger partial charge in [-0.15, -0.1) is 40.9 Å². The lowest BCUT2D eigenvalue weighted by atomic mass is 10.1. The van der Waals surface area contributed by atoms with Crippen molar-refractivity contribution in [3.05, 3.63) is 101 Å². The van der Waals surface area contributed by atoms with Gasteiger partial charge in [0.15, 0.2) is 11.4 Å². The number of rotatable bonds is 27. The van der Waals surface area contributed by atoms with Crippen molar-refractivity contribution in [3.8, 4) is 46.1 Å². The Morgan fingerprint density at radius 1 is 0.553 bits per heavy atom. The molecule has 7 aromatic rings. The molecule has 85 heavy (non-hydrogen) atoms. The lowest BCUT2D eigenvalue weighted by Gasteiger charge is -2.13. The number of nitro benzene ring substituents is 1. The molecule has 0 aliphatic heterocycles. The smallest absolute Gasteiger partial charge is 0.358 e. The number of ether oxygens (including phenoxy) is 5. The van der Waals surface area contributed by atoms with Crippen LogP contribution >= 0.6 is 0 Å². The van der Waals surface area contributed by atoms with Gasteiger partial charge in [-0.3, -0.25) is 23.8 Å². The number of aliphatic hydroxyl groups is 4. The van der Waals surface area contributed by atoms with Crippen molar-refractivity contribution in [1.82, 2.24) is 9.78 Å². The summed E-state index contributed by atoms with van der Waals surface area (Å²) in [4.78, 5) is 20.2. The van der Waals surface area contributed by atoms with Crippen LogP contribution in [0.1, 0.15) is 10.5 Å². The lowest BCUT2D eigenvalue weighted by Crippen LogP contribution is -2.04. The zero-order valence-electron chi connectivity index (χ0n) is 43.1. The van der Waals surface area contributed by atoms with Gasteiger partial charge in [-0.2, -0.15) is 35.0 Å². The van der Waals surface area contributed by atoms with E-state index in [1.54, 1.807) is 0 Å². The summed E-state index contributed by atoms with van der Waals surface area (Å²) in [5.74, 6) is -4.75. The maximum atomic E-state index is 13.0. The molecule has 10 N–H and O–H groups in total. The molecule has 0 spiro atoms. The maximum absolute atomic E-state index is 13.0. The number of hydrogen-bond acceptors (Lipinski definition) is 29. The Balaban J connectivity index is 1.28. The topological polar surface area (TPSA) is 528 Å². The highest BCUT2D eigenvalue weighted by atomic mass is 32.2. The number of carbonyl (C=O) groups is 1. The van der Waals surface area contributed by atoms with Crippen LogP contribution < -0.4 is 23.7 Å². The first-order valence-electron chi connectivity index (χ1n) is 23.5. The van der Waals surface area contributed by atoms with Crippen molar-refractivity contribution in [2.75, 3.05) is 60.0 Å². The van der Waals surface area contributed by atoms with E-state index < -0.39 is 136 Å². The molecule has 0 radical (unpaired) electrons. The highest BCUT2D eigenvalue weighted by Crippen LogP contribution is 2.47. The Morgan fingerprint density at radius 3 is 1.40 bits per heavy atom. The van der Waals surface area contributed by atoms with Crippen molar-refractivity contribution in [2.24, 2.45) is 40.9 Å². The van der Waals surface area contributed by atoms with Crippen molar-refractivity contribution in [3.63, 3.8) is 0 Å². The fourth-order valence-electron chi connectivity index (χ4n) is 7.30. The number of non-ortho nitro benzene ring substituents is 1. The molecule has 0 aliphatic rings. The van der Waals surface area contributed by atoms with Crippen molar-refractivity contribution in [2.45, 2.75) is 14.7 Å². The summed E-state index contributed by atoms with van der Waals surface area (Å²) in [6.45, 7) is -3.92. The van der Waals surface area contributed by atoms with Crippen LogP contribution in [0.4, 0.5) is 51.2 Å². The number of fused-ring (bicyclic) bond motifs is 1. The predicted molar refractivity (Wildman–Crippen MR) is 287 cm³/mol. The molecule has 38 heteroatoms. The van der Waals surface area contributed by atoms with Gasteiger partial charge in [-0.05, 0) is 47.9 Å². The molecular weight excluding hydrogens is 1200 g/mol. The molecule has 0 aliphatic carbocycles. The fourth-order valence-corrected chi connectivity index (χ4v) is 9.23. The molecular formula is C47H43N11O24S3. The van der Waals surface area contributed by atoms with E-state index in [2.05, 4.69) is 46.0 Å². The number of azo groups is 4. The van der Waals surface area contributed by atoms with E-state index in [4.69, 9.17) is 23.7 Å². The lowest BCUT2D eigenvalue weighted by molar-refractivity contribution is -0.385. The summed E-state index contributed by atoms with van der Waals surface area (Å²) < 4.78 is 133. The van der Waals surface area contributed by atoms with Crippen molar-refractivity contribution >= 4 is 98.3 Å². The molecule has 0 saturated carbocycles. The highest BCUT2D eigenvalue weighted by Gasteiger charge is 2.28. The summed E-state index contributed by atoms with van der Waals surface area (Å²) in [7, 11) is -14.1. The minimum Gasteiger partial charge on any atom is -0.505 e. The molecule has 0 amide bonds. The third-order valence-corrected chi connectivity index (χ3v) is 13.6. The Morgan fingerprint density at radius 2 is 0.976 bits per heavy atom. The summed E-state index contributed by atoms with van der Waals surface area (Å²) in [5, 5.41) is 118. The number of aromatic carboxylic acids is 1. The van der Waals surface area contributed by atoms with Gasteiger partial charge in [-0.1, -0.05) is 0 Å². The van der Waals surface area contributed by atoms with Crippen LogP contribution in [0.25, 0.3) is 16.5 Å². The number of nitrogens with zero attached hydrogens (tertiary/aromatic N) is 11. The van der Waals surface area contributed by atoms with E-state index in [1.165, 1.54) is 19.2 Å². The van der Waals surface area contributed by atoms with Gasteiger partial charge in [0.2, 0.25) is 11.6 Å². The van der Waals surface area contributed by atoms with E-state index in [0.717, 1.165) is 66.7 Å². The standard InChI is InChI=1S/C47H43N11O24S3/c1-78-27-4-7-30(40(19-27)84(72,73)74)49-51-32-21-38(82-15-11-62)34(23-36(32)80-13-9-60)53-55-43-44(47(65)66)56-57(46(43)64)25-2-5-28-24(16-25)17-41(85(75,76)77)42(45(28)63)54-52-33-22-35(79-12-8-59)31(20-37(33)81-14-10-61)50-48-29-6-3-26(58(67)68)18-39(29)83(69,70)71/h2-7,16-23,59-64H,8-15H2,1H3,(H,65,66)(H,69,70,71)(H,72,73,74)(H,75,76,77). The van der Waals surface area contributed by atoms with Crippen LogP contribution in [0.5, 0.6) is 40.4 Å². The molecule has 0 fully saturated rings. The second-order valence-electron chi connectivity index (χ2n) is 16.5. The number of carboxylic acid groups (broad SMARTS) is 1. The number of phenolic OH excluding ortho intramolecular Hbond substituents is 1. The Labute approximate surface area is 476 Å². The minimum atomic E-state index is -5.36. The molecule has 7 rings (SSSR count). The number of aliphatic hydroxyl groups excluding tert-OH is 4.